The SMILES string of the molecule is C=CC=CCCCCCC[CH]CCCCCC. The van der Waals surface area contributed by atoms with Crippen LogP contribution in [0, 0.1) is 6.42 Å². The van der Waals surface area contributed by atoms with Crippen LogP contribution in [0.2, 0.25) is 0 Å². The second kappa shape index (κ2) is 15.5. The summed E-state index contributed by atoms with van der Waals surface area (Å²) in [7, 11) is 0. The summed E-state index contributed by atoms with van der Waals surface area (Å²) >= 11 is 0. The zero-order valence-electron chi connectivity index (χ0n) is 11.8. The Hall–Kier alpha value is -0.520. The van der Waals surface area contributed by atoms with E-state index < -0.39 is 0 Å². The molecular formula is C17H31. The first-order chi connectivity index (χ1) is 8.41. The largest absolute Gasteiger partial charge is 0.0991 e. The first-order valence-electron chi connectivity index (χ1n) is 7.51. The zero-order chi connectivity index (χ0) is 12.6. The summed E-state index contributed by atoms with van der Waals surface area (Å²) in [5, 5.41) is 0. The summed E-state index contributed by atoms with van der Waals surface area (Å²) < 4.78 is 0. The molecule has 0 saturated carbocycles. The topological polar surface area (TPSA) is 0 Å². The molecule has 0 aromatic carbocycles. The van der Waals surface area contributed by atoms with Gasteiger partial charge in [0.25, 0.3) is 0 Å². The summed E-state index contributed by atoms with van der Waals surface area (Å²) in [6.07, 6.45) is 23.6. The highest BCUT2D eigenvalue weighted by atomic mass is 14.0. The first-order valence-corrected chi connectivity index (χ1v) is 7.51. The van der Waals surface area contributed by atoms with Crippen LogP contribution in [0.1, 0.15) is 77.6 Å². The van der Waals surface area contributed by atoms with E-state index in [0.29, 0.717) is 0 Å². The Morgan fingerprint density at radius 2 is 1.35 bits per heavy atom. The van der Waals surface area contributed by atoms with E-state index in [2.05, 4.69) is 26.0 Å². The molecule has 0 unspecified atom stereocenters. The number of rotatable bonds is 13. The molecule has 0 nitrogen and oxygen atoms in total. The third kappa shape index (κ3) is 15.5. The van der Waals surface area contributed by atoms with Gasteiger partial charge >= 0.3 is 0 Å². The van der Waals surface area contributed by atoms with E-state index >= 15 is 0 Å². The fraction of sp³-hybridized carbons (Fsp3) is 0.706. The van der Waals surface area contributed by atoms with Crippen molar-refractivity contribution in [2.75, 3.05) is 0 Å². The van der Waals surface area contributed by atoms with Gasteiger partial charge in [-0.25, -0.2) is 0 Å². The van der Waals surface area contributed by atoms with Gasteiger partial charge in [0, 0.05) is 0 Å². The molecule has 0 aliphatic rings. The number of hydrogen-bond acceptors (Lipinski definition) is 0. The standard InChI is InChI=1S/C17H31/c1-3-5-7-9-11-13-15-17-16-14-12-10-8-6-4-2/h3,5,7,14H,1,4,6,8-13,15-17H2,2H3. The van der Waals surface area contributed by atoms with Crippen LogP contribution >= 0.6 is 0 Å². The highest BCUT2D eigenvalue weighted by Gasteiger charge is 1.92. The van der Waals surface area contributed by atoms with E-state index in [1.807, 2.05) is 12.2 Å². The smallest absolute Gasteiger partial charge is 0.0348 e. The molecule has 0 fully saturated rings. The van der Waals surface area contributed by atoms with Crippen molar-refractivity contribution >= 4 is 0 Å². The lowest BCUT2D eigenvalue weighted by molar-refractivity contribution is 0.613. The lowest BCUT2D eigenvalue weighted by Crippen LogP contribution is -1.82. The Balaban J connectivity index is 2.93. The van der Waals surface area contributed by atoms with E-state index in [9.17, 15) is 0 Å². The van der Waals surface area contributed by atoms with E-state index in [1.54, 1.807) is 0 Å². The molecule has 0 heteroatoms. The lowest BCUT2D eigenvalue weighted by atomic mass is 10.1. The molecule has 17 heavy (non-hydrogen) atoms. The highest BCUT2D eigenvalue weighted by Crippen LogP contribution is 2.11. The molecule has 99 valence electrons. The molecule has 0 N–H and O–H groups in total. The van der Waals surface area contributed by atoms with E-state index in [-0.39, 0.29) is 0 Å². The normalized spacial score (nSPS) is 11.1. The van der Waals surface area contributed by atoms with Gasteiger partial charge in [-0.1, -0.05) is 89.5 Å². The average Bonchev–Trinajstić information content (AvgIpc) is 2.35. The molecule has 0 atom stereocenters. The van der Waals surface area contributed by atoms with Crippen molar-refractivity contribution in [2.45, 2.75) is 77.6 Å². The monoisotopic (exact) mass is 235 g/mol. The Morgan fingerprint density at radius 3 is 1.94 bits per heavy atom. The summed E-state index contributed by atoms with van der Waals surface area (Å²) in [6.45, 7) is 5.94. The molecule has 0 heterocycles. The van der Waals surface area contributed by atoms with Crippen molar-refractivity contribution < 1.29 is 0 Å². The molecular weight excluding hydrogens is 204 g/mol. The van der Waals surface area contributed by atoms with Gasteiger partial charge in [-0.15, -0.1) is 0 Å². The third-order valence-corrected chi connectivity index (χ3v) is 3.06. The lowest BCUT2D eigenvalue weighted by Gasteiger charge is -2.01. The Labute approximate surface area is 109 Å². The molecule has 1 radical (unpaired) electrons. The molecule has 0 amide bonds. The average molecular weight is 235 g/mol. The quantitative estimate of drug-likeness (QED) is 0.262. The van der Waals surface area contributed by atoms with Crippen LogP contribution in [0.5, 0.6) is 0 Å². The van der Waals surface area contributed by atoms with Crippen LogP contribution < -0.4 is 0 Å². The molecule has 0 bridgehead atoms. The van der Waals surface area contributed by atoms with Crippen LogP contribution in [0.4, 0.5) is 0 Å². The summed E-state index contributed by atoms with van der Waals surface area (Å²) in [5.41, 5.74) is 0. The minimum atomic E-state index is 1.22. The van der Waals surface area contributed by atoms with Gasteiger partial charge in [0.05, 0.1) is 0 Å². The van der Waals surface area contributed by atoms with Gasteiger partial charge in [-0.05, 0) is 19.3 Å². The van der Waals surface area contributed by atoms with Crippen LogP contribution in [0.25, 0.3) is 0 Å². The summed E-state index contributed by atoms with van der Waals surface area (Å²) in [5.74, 6) is 0. The maximum absolute atomic E-state index is 3.66. The minimum absolute atomic E-state index is 1.22. The maximum Gasteiger partial charge on any atom is -0.0348 e. The summed E-state index contributed by atoms with van der Waals surface area (Å²) in [4.78, 5) is 0. The van der Waals surface area contributed by atoms with Gasteiger partial charge < -0.3 is 0 Å². The number of allylic oxidation sites excluding steroid dienone is 3. The van der Waals surface area contributed by atoms with E-state index in [0.717, 1.165) is 0 Å². The Bertz CT molecular complexity index is 167. The molecule has 0 aromatic heterocycles. The molecule has 0 saturated heterocycles. The van der Waals surface area contributed by atoms with Crippen molar-refractivity contribution in [1.82, 2.24) is 0 Å². The third-order valence-electron chi connectivity index (χ3n) is 3.06. The van der Waals surface area contributed by atoms with E-state index in [1.165, 1.54) is 70.6 Å². The molecule has 0 spiro atoms. The minimum Gasteiger partial charge on any atom is -0.0991 e. The fourth-order valence-corrected chi connectivity index (χ4v) is 1.96. The predicted octanol–water partition coefficient (Wildman–Crippen LogP) is 6.24. The van der Waals surface area contributed by atoms with Crippen molar-refractivity contribution in [3.05, 3.63) is 31.2 Å². The van der Waals surface area contributed by atoms with E-state index in [4.69, 9.17) is 0 Å². The van der Waals surface area contributed by atoms with Crippen LogP contribution in [0.15, 0.2) is 24.8 Å². The van der Waals surface area contributed by atoms with Crippen molar-refractivity contribution in [3.63, 3.8) is 0 Å². The van der Waals surface area contributed by atoms with Crippen LogP contribution in [-0.4, -0.2) is 0 Å². The predicted molar refractivity (Wildman–Crippen MR) is 80.1 cm³/mol. The number of unbranched alkanes of at least 4 members (excludes halogenated alkanes) is 11. The molecule has 0 aliphatic heterocycles. The second-order valence-corrected chi connectivity index (χ2v) is 4.79. The maximum atomic E-state index is 3.66. The molecule has 0 aromatic rings. The van der Waals surface area contributed by atoms with Crippen LogP contribution in [0.3, 0.4) is 0 Å². The van der Waals surface area contributed by atoms with Gasteiger partial charge in [-0.2, -0.15) is 0 Å². The zero-order valence-corrected chi connectivity index (χ0v) is 11.8. The number of hydrogen-bond donors (Lipinski definition) is 0. The van der Waals surface area contributed by atoms with Crippen LogP contribution in [-0.2, 0) is 0 Å². The van der Waals surface area contributed by atoms with Gasteiger partial charge in [0.15, 0.2) is 0 Å². The first kappa shape index (κ1) is 16.5. The Morgan fingerprint density at radius 1 is 0.765 bits per heavy atom. The van der Waals surface area contributed by atoms with Crippen molar-refractivity contribution in [2.24, 2.45) is 0 Å². The van der Waals surface area contributed by atoms with Crippen molar-refractivity contribution in [1.29, 1.82) is 0 Å². The molecule has 0 aliphatic carbocycles. The van der Waals surface area contributed by atoms with Gasteiger partial charge in [0.2, 0.25) is 0 Å². The Kier molecular flexibility index (Phi) is 15.0. The van der Waals surface area contributed by atoms with Gasteiger partial charge in [0.1, 0.15) is 0 Å². The van der Waals surface area contributed by atoms with Crippen molar-refractivity contribution in [3.8, 4) is 0 Å². The fourth-order valence-electron chi connectivity index (χ4n) is 1.96. The summed E-state index contributed by atoms with van der Waals surface area (Å²) in [6, 6.07) is 0. The van der Waals surface area contributed by atoms with Gasteiger partial charge in [-0.3, -0.25) is 0 Å². The second-order valence-electron chi connectivity index (χ2n) is 4.79. The molecule has 0 rings (SSSR count). The highest BCUT2D eigenvalue weighted by molar-refractivity contribution is 4.96.